The molecule has 0 saturated heterocycles. The molecule has 2 aromatic rings. The van der Waals surface area contributed by atoms with Gasteiger partial charge >= 0.3 is 0 Å². The Morgan fingerprint density at radius 2 is 1.80 bits per heavy atom. The van der Waals surface area contributed by atoms with Crippen LogP contribution in [0.1, 0.15) is 10.4 Å². The smallest absolute Gasteiger partial charge is 0.255 e. The van der Waals surface area contributed by atoms with Gasteiger partial charge < -0.3 is 16.0 Å². The van der Waals surface area contributed by atoms with E-state index in [1.54, 1.807) is 12.1 Å². The summed E-state index contributed by atoms with van der Waals surface area (Å²) < 4.78 is 13.2. The predicted molar refractivity (Wildman–Crippen MR) is 79.5 cm³/mol. The van der Waals surface area contributed by atoms with Crippen molar-refractivity contribution in [2.75, 3.05) is 30.0 Å². The molecular formula is C15H16FN3O. The van der Waals surface area contributed by atoms with Crippen molar-refractivity contribution in [3.8, 4) is 0 Å². The van der Waals surface area contributed by atoms with Crippen LogP contribution in [-0.2, 0) is 0 Å². The molecular weight excluding hydrogens is 257 g/mol. The number of halogens is 1. The van der Waals surface area contributed by atoms with E-state index in [1.165, 1.54) is 18.2 Å². The van der Waals surface area contributed by atoms with Crippen molar-refractivity contribution < 1.29 is 9.18 Å². The van der Waals surface area contributed by atoms with Gasteiger partial charge in [0.1, 0.15) is 5.82 Å². The molecule has 20 heavy (non-hydrogen) atoms. The molecule has 0 radical (unpaired) electrons. The highest BCUT2D eigenvalue weighted by Gasteiger charge is 2.07. The van der Waals surface area contributed by atoms with Crippen LogP contribution in [0.3, 0.4) is 0 Å². The molecule has 0 heterocycles. The number of nitrogen functional groups attached to an aromatic ring is 1. The standard InChI is InChI=1S/C15H16FN3O/c1-19(2)14-5-3-10(4-6-14)15(20)18-13-8-11(16)7-12(17)9-13/h3-9H,17H2,1-2H3,(H,18,20). The third kappa shape index (κ3) is 3.26. The normalized spacial score (nSPS) is 10.2. The van der Waals surface area contributed by atoms with Gasteiger partial charge in [0.05, 0.1) is 0 Å². The highest BCUT2D eigenvalue weighted by molar-refractivity contribution is 6.04. The average molecular weight is 273 g/mol. The maximum Gasteiger partial charge on any atom is 0.255 e. The van der Waals surface area contributed by atoms with E-state index in [4.69, 9.17) is 5.73 Å². The van der Waals surface area contributed by atoms with Crippen LogP contribution in [0.4, 0.5) is 21.5 Å². The summed E-state index contributed by atoms with van der Waals surface area (Å²) in [5.41, 5.74) is 7.63. The van der Waals surface area contributed by atoms with Gasteiger partial charge in [0, 0.05) is 36.7 Å². The fourth-order valence-corrected chi connectivity index (χ4v) is 1.80. The van der Waals surface area contributed by atoms with Gasteiger partial charge in [0.2, 0.25) is 0 Å². The van der Waals surface area contributed by atoms with Gasteiger partial charge in [-0.15, -0.1) is 0 Å². The number of rotatable bonds is 3. The molecule has 0 aromatic heterocycles. The highest BCUT2D eigenvalue weighted by Crippen LogP contribution is 2.17. The zero-order chi connectivity index (χ0) is 14.7. The third-order valence-electron chi connectivity index (χ3n) is 2.82. The summed E-state index contributed by atoms with van der Waals surface area (Å²) in [7, 11) is 3.84. The van der Waals surface area contributed by atoms with Crippen LogP contribution in [0, 0.1) is 5.82 Å². The van der Waals surface area contributed by atoms with Crippen molar-refractivity contribution in [1.29, 1.82) is 0 Å². The zero-order valence-electron chi connectivity index (χ0n) is 11.4. The molecule has 0 spiro atoms. The number of benzene rings is 2. The molecule has 0 unspecified atom stereocenters. The second-order valence-corrected chi connectivity index (χ2v) is 4.67. The van der Waals surface area contributed by atoms with Crippen molar-refractivity contribution in [3.63, 3.8) is 0 Å². The van der Waals surface area contributed by atoms with Crippen molar-refractivity contribution >= 4 is 23.0 Å². The van der Waals surface area contributed by atoms with Gasteiger partial charge in [-0.05, 0) is 42.5 Å². The van der Waals surface area contributed by atoms with Gasteiger partial charge in [-0.25, -0.2) is 4.39 Å². The highest BCUT2D eigenvalue weighted by atomic mass is 19.1. The Labute approximate surface area is 117 Å². The quantitative estimate of drug-likeness (QED) is 0.845. The molecule has 0 atom stereocenters. The van der Waals surface area contributed by atoms with Crippen molar-refractivity contribution in [2.24, 2.45) is 0 Å². The van der Waals surface area contributed by atoms with E-state index in [2.05, 4.69) is 5.32 Å². The number of nitrogens with two attached hydrogens (primary N) is 1. The minimum Gasteiger partial charge on any atom is -0.399 e. The van der Waals surface area contributed by atoms with E-state index in [1.807, 2.05) is 31.1 Å². The lowest BCUT2D eigenvalue weighted by Gasteiger charge is -2.12. The lowest BCUT2D eigenvalue weighted by atomic mass is 10.2. The first-order valence-corrected chi connectivity index (χ1v) is 6.10. The molecule has 4 nitrogen and oxygen atoms in total. The monoisotopic (exact) mass is 273 g/mol. The van der Waals surface area contributed by atoms with E-state index in [9.17, 15) is 9.18 Å². The van der Waals surface area contributed by atoms with E-state index >= 15 is 0 Å². The second-order valence-electron chi connectivity index (χ2n) is 4.67. The molecule has 1 amide bonds. The molecule has 104 valence electrons. The Morgan fingerprint density at radius 3 is 2.35 bits per heavy atom. The molecule has 0 aliphatic heterocycles. The summed E-state index contributed by atoms with van der Waals surface area (Å²) in [6.45, 7) is 0. The number of nitrogens with one attached hydrogen (secondary N) is 1. The topological polar surface area (TPSA) is 58.4 Å². The van der Waals surface area contributed by atoms with Crippen LogP contribution in [-0.4, -0.2) is 20.0 Å². The summed E-state index contributed by atoms with van der Waals surface area (Å²) >= 11 is 0. The number of anilines is 3. The van der Waals surface area contributed by atoms with E-state index in [-0.39, 0.29) is 11.6 Å². The van der Waals surface area contributed by atoms with E-state index in [0.717, 1.165) is 5.69 Å². The fourth-order valence-electron chi connectivity index (χ4n) is 1.80. The fraction of sp³-hybridized carbons (Fsp3) is 0.133. The largest absolute Gasteiger partial charge is 0.399 e. The van der Waals surface area contributed by atoms with Crippen molar-refractivity contribution in [2.45, 2.75) is 0 Å². The van der Waals surface area contributed by atoms with Gasteiger partial charge in [0.15, 0.2) is 0 Å². The van der Waals surface area contributed by atoms with Crippen LogP contribution in [0.5, 0.6) is 0 Å². The summed E-state index contributed by atoms with van der Waals surface area (Å²) in [6.07, 6.45) is 0. The number of carbonyl (C=O) groups is 1. The number of amides is 1. The Balaban J connectivity index is 2.15. The van der Waals surface area contributed by atoms with Gasteiger partial charge in [-0.3, -0.25) is 4.79 Å². The number of carbonyl (C=O) groups excluding carboxylic acids is 1. The van der Waals surface area contributed by atoms with Crippen LogP contribution in [0.15, 0.2) is 42.5 Å². The molecule has 0 aliphatic carbocycles. The maximum absolute atomic E-state index is 13.2. The second kappa shape index (κ2) is 5.61. The lowest BCUT2D eigenvalue weighted by molar-refractivity contribution is 0.102. The summed E-state index contributed by atoms with van der Waals surface area (Å²) in [5, 5.41) is 2.62. The predicted octanol–water partition coefficient (Wildman–Crippen LogP) is 2.73. The van der Waals surface area contributed by atoms with Crippen LogP contribution >= 0.6 is 0 Å². The minimum absolute atomic E-state index is 0.267. The van der Waals surface area contributed by atoms with E-state index in [0.29, 0.717) is 11.3 Å². The summed E-state index contributed by atoms with van der Waals surface area (Å²) in [5.74, 6) is -0.788. The third-order valence-corrected chi connectivity index (χ3v) is 2.82. The number of hydrogen-bond donors (Lipinski definition) is 2. The first-order chi connectivity index (χ1) is 9.45. The van der Waals surface area contributed by atoms with E-state index < -0.39 is 5.82 Å². The zero-order valence-corrected chi connectivity index (χ0v) is 11.4. The van der Waals surface area contributed by atoms with Crippen LogP contribution < -0.4 is 16.0 Å². The Kier molecular flexibility index (Phi) is 3.89. The van der Waals surface area contributed by atoms with Crippen molar-refractivity contribution in [1.82, 2.24) is 0 Å². The first-order valence-electron chi connectivity index (χ1n) is 6.10. The van der Waals surface area contributed by atoms with Gasteiger partial charge in [-0.1, -0.05) is 0 Å². The summed E-state index contributed by atoms with van der Waals surface area (Å²) in [4.78, 5) is 14.0. The SMILES string of the molecule is CN(C)c1ccc(C(=O)Nc2cc(N)cc(F)c2)cc1. The molecule has 2 rings (SSSR count). The maximum atomic E-state index is 13.2. The molecule has 2 aromatic carbocycles. The molecule has 0 saturated carbocycles. The molecule has 0 aliphatic rings. The Hall–Kier alpha value is -2.56. The minimum atomic E-state index is -0.483. The van der Waals surface area contributed by atoms with Gasteiger partial charge in [0.25, 0.3) is 5.91 Å². The van der Waals surface area contributed by atoms with Crippen LogP contribution in [0.25, 0.3) is 0 Å². The Bertz CT molecular complexity index is 603. The van der Waals surface area contributed by atoms with Crippen LogP contribution in [0.2, 0.25) is 0 Å². The van der Waals surface area contributed by atoms with Crippen molar-refractivity contribution in [3.05, 3.63) is 53.8 Å². The Morgan fingerprint density at radius 1 is 1.15 bits per heavy atom. The van der Waals surface area contributed by atoms with Gasteiger partial charge in [-0.2, -0.15) is 0 Å². The molecule has 0 fully saturated rings. The average Bonchev–Trinajstić information content (AvgIpc) is 2.37. The first kappa shape index (κ1) is 13.9. The molecule has 3 N–H and O–H groups in total. The number of nitrogens with zero attached hydrogens (tertiary/aromatic N) is 1. The number of hydrogen-bond acceptors (Lipinski definition) is 3. The summed E-state index contributed by atoms with van der Waals surface area (Å²) in [6, 6.07) is 11.0. The molecule has 5 heteroatoms. The lowest BCUT2D eigenvalue weighted by Crippen LogP contribution is -2.13. The molecule has 0 bridgehead atoms.